The minimum atomic E-state index is -0.190. The second-order valence-corrected chi connectivity index (χ2v) is 5.56. The van der Waals surface area contributed by atoms with Gasteiger partial charge >= 0.3 is 0 Å². The van der Waals surface area contributed by atoms with E-state index in [0.717, 1.165) is 31.4 Å². The van der Waals surface area contributed by atoms with Crippen LogP contribution in [0.3, 0.4) is 0 Å². The van der Waals surface area contributed by atoms with Gasteiger partial charge in [0.05, 0.1) is 7.11 Å². The van der Waals surface area contributed by atoms with Crippen LogP contribution in [0.1, 0.15) is 38.7 Å². The van der Waals surface area contributed by atoms with Crippen LogP contribution in [0.4, 0.5) is 4.39 Å². The van der Waals surface area contributed by atoms with Gasteiger partial charge in [0, 0.05) is 17.2 Å². The third kappa shape index (κ3) is 2.51. The summed E-state index contributed by atoms with van der Waals surface area (Å²) in [6.45, 7) is 5.34. The highest BCUT2D eigenvalue weighted by atomic mass is 19.1. The van der Waals surface area contributed by atoms with E-state index < -0.39 is 0 Å². The molecule has 0 aromatic heterocycles. The van der Waals surface area contributed by atoms with E-state index in [1.165, 1.54) is 6.07 Å². The first-order valence-corrected chi connectivity index (χ1v) is 6.66. The summed E-state index contributed by atoms with van der Waals surface area (Å²) in [4.78, 5) is 0. The van der Waals surface area contributed by atoms with Gasteiger partial charge in [0.15, 0.2) is 0 Å². The number of hydrogen-bond donors (Lipinski definition) is 1. The Balaban J connectivity index is 2.36. The third-order valence-electron chi connectivity index (χ3n) is 3.69. The molecule has 1 heterocycles. The first-order chi connectivity index (χ1) is 8.57. The summed E-state index contributed by atoms with van der Waals surface area (Å²) >= 11 is 0. The zero-order valence-electron chi connectivity index (χ0n) is 11.4. The average Bonchev–Trinajstić information content (AvgIpc) is 2.77. The van der Waals surface area contributed by atoms with Crippen molar-refractivity contribution in [2.45, 2.75) is 38.6 Å². The van der Waals surface area contributed by atoms with Crippen molar-refractivity contribution >= 4 is 0 Å². The molecule has 1 aliphatic heterocycles. The lowest BCUT2D eigenvalue weighted by Gasteiger charge is -2.32. The number of methoxy groups -OCH3 is 1. The maximum absolute atomic E-state index is 14.3. The molecule has 0 radical (unpaired) electrons. The van der Waals surface area contributed by atoms with Crippen LogP contribution in [0.2, 0.25) is 0 Å². The van der Waals surface area contributed by atoms with Crippen molar-refractivity contribution in [2.24, 2.45) is 5.92 Å². The van der Waals surface area contributed by atoms with Gasteiger partial charge in [-0.25, -0.2) is 4.39 Å². The predicted octanol–water partition coefficient (Wildman–Crippen LogP) is 3.46. The van der Waals surface area contributed by atoms with Gasteiger partial charge in [-0.2, -0.15) is 0 Å². The SMILES string of the molecule is COc1ccc(C2(CC(C)C)CCCN2)c(F)c1. The third-order valence-corrected chi connectivity index (χ3v) is 3.69. The quantitative estimate of drug-likeness (QED) is 0.885. The van der Waals surface area contributed by atoms with Crippen molar-refractivity contribution in [1.82, 2.24) is 5.32 Å². The van der Waals surface area contributed by atoms with E-state index >= 15 is 0 Å². The van der Waals surface area contributed by atoms with Gasteiger partial charge in [-0.3, -0.25) is 0 Å². The number of nitrogens with one attached hydrogen (secondary N) is 1. The lowest BCUT2D eigenvalue weighted by atomic mass is 9.81. The van der Waals surface area contributed by atoms with E-state index in [1.807, 2.05) is 12.1 Å². The smallest absolute Gasteiger partial charge is 0.131 e. The normalized spacial score (nSPS) is 23.6. The molecule has 0 bridgehead atoms. The van der Waals surface area contributed by atoms with Crippen molar-refractivity contribution in [3.05, 3.63) is 29.6 Å². The fourth-order valence-electron chi connectivity index (χ4n) is 3.03. The number of hydrogen-bond acceptors (Lipinski definition) is 2. The van der Waals surface area contributed by atoms with Crippen LogP contribution in [0.15, 0.2) is 18.2 Å². The number of halogens is 1. The largest absolute Gasteiger partial charge is 0.497 e. The molecule has 0 spiro atoms. The second kappa shape index (κ2) is 5.27. The highest BCUT2D eigenvalue weighted by molar-refractivity contribution is 5.34. The summed E-state index contributed by atoms with van der Waals surface area (Å²) in [6.07, 6.45) is 3.09. The molecule has 1 unspecified atom stereocenters. The molecule has 100 valence electrons. The maximum Gasteiger partial charge on any atom is 0.131 e. The highest BCUT2D eigenvalue weighted by Crippen LogP contribution is 2.38. The Morgan fingerprint density at radius 1 is 1.44 bits per heavy atom. The number of benzene rings is 1. The van der Waals surface area contributed by atoms with Crippen LogP contribution < -0.4 is 10.1 Å². The fraction of sp³-hybridized carbons (Fsp3) is 0.600. The standard InChI is InChI=1S/C15H22FNO/c1-11(2)10-15(7-4-8-17-15)13-6-5-12(18-3)9-14(13)16/h5-6,9,11,17H,4,7-8,10H2,1-3H3. The van der Waals surface area contributed by atoms with Gasteiger partial charge < -0.3 is 10.1 Å². The van der Waals surface area contributed by atoms with Crippen LogP contribution in [0, 0.1) is 11.7 Å². The van der Waals surface area contributed by atoms with E-state index in [9.17, 15) is 4.39 Å². The summed E-state index contributed by atoms with van der Waals surface area (Å²) in [5.74, 6) is 0.954. The molecule has 1 aromatic rings. The Hall–Kier alpha value is -1.09. The molecular weight excluding hydrogens is 229 g/mol. The zero-order valence-corrected chi connectivity index (χ0v) is 11.4. The van der Waals surface area contributed by atoms with E-state index in [-0.39, 0.29) is 11.4 Å². The molecular formula is C15H22FNO. The van der Waals surface area contributed by atoms with Gasteiger partial charge in [0.25, 0.3) is 0 Å². The molecule has 1 atom stereocenters. The van der Waals surface area contributed by atoms with Crippen LogP contribution in [0.5, 0.6) is 5.75 Å². The van der Waals surface area contributed by atoms with E-state index in [2.05, 4.69) is 19.2 Å². The van der Waals surface area contributed by atoms with Crippen molar-refractivity contribution in [3.8, 4) is 5.75 Å². The topological polar surface area (TPSA) is 21.3 Å². The lowest BCUT2D eigenvalue weighted by molar-refractivity contribution is 0.299. The summed E-state index contributed by atoms with van der Waals surface area (Å²) in [5.41, 5.74) is 0.597. The Labute approximate surface area is 109 Å². The Morgan fingerprint density at radius 2 is 2.22 bits per heavy atom. The molecule has 2 rings (SSSR count). The van der Waals surface area contributed by atoms with Crippen LogP contribution >= 0.6 is 0 Å². The van der Waals surface area contributed by atoms with Crippen molar-refractivity contribution in [2.75, 3.05) is 13.7 Å². The van der Waals surface area contributed by atoms with Gasteiger partial charge in [0.1, 0.15) is 11.6 Å². The Kier molecular flexibility index (Phi) is 3.91. The molecule has 1 aromatic carbocycles. The predicted molar refractivity (Wildman–Crippen MR) is 71.3 cm³/mol. The fourth-order valence-corrected chi connectivity index (χ4v) is 3.03. The number of rotatable bonds is 4. The lowest BCUT2D eigenvalue weighted by Crippen LogP contribution is -2.38. The van der Waals surface area contributed by atoms with E-state index in [1.54, 1.807) is 7.11 Å². The zero-order chi connectivity index (χ0) is 13.2. The second-order valence-electron chi connectivity index (χ2n) is 5.56. The van der Waals surface area contributed by atoms with Crippen LogP contribution in [0.25, 0.3) is 0 Å². The van der Waals surface area contributed by atoms with Crippen LogP contribution in [-0.2, 0) is 5.54 Å². The highest BCUT2D eigenvalue weighted by Gasteiger charge is 2.37. The van der Waals surface area contributed by atoms with Crippen LogP contribution in [-0.4, -0.2) is 13.7 Å². The Morgan fingerprint density at radius 3 is 2.72 bits per heavy atom. The monoisotopic (exact) mass is 251 g/mol. The van der Waals surface area contributed by atoms with Crippen molar-refractivity contribution in [1.29, 1.82) is 0 Å². The van der Waals surface area contributed by atoms with E-state index in [4.69, 9.17) is 4.74 Å². The van der Waals surface area contributed by atoms with Crippen molar-refractivity contribution < 1.29 is 9.13 Å². The van der Waals surface area contributed by atoms with E-state index in [0.29, 0.717) is 11.7 Å². The molecule has 1 aliphatic rings. The first-order valence-electron chi connectivity index (χ1n) is 6.66. The summed E-state index contributed by atoms with van der Waals surface area (Å²) < 4.78 is 19.3. The van der Waals surface area contributed by atoms with Crippen molar-refractivity contribution in [3.63, 3.8) is 0 Å². The minimum Gasteiger partial charge on any atom is -0.497 e. The molecule has 0 aliphatic carbocycles. The summed E-state index contributed by atoms with van der Waals surface area (Å²) in [5, 5.41) is 3.52. The van der Waals surface area contributed by atoms with Gasteiger partial charge in [-0.15, -0.1) is 0 Å². The molecule has 0 amide bonds. The molecule has 18 heavy (non-hydrogen) atoms. The molecule has 2 nitrogen and oxygen atoms in total. The molecule has 0 saturated carbocycles. The molecule has 1 saturated heterocycles. The molecule has 3 heteroatoms. The maximum atomic E-state index is 14.3. The minimum absolute atomic E-state index is 0.163. The number of ether oxygens (including phenoxy) is 1. The Bertz CT molecular complexity index is 411. The summed E-state index contributed by atoms with van der Waals surface area (Å²) in [7, 11) is 1.56. The van der Waals surface area contributed by atoms with Gasteiger partial charge in [0.2, 0.25) is 0 Å². The first kappa shape index (κ1) is 13.3. The van der Waals surface area contributed by atoms with Gasteiger partial charge in [-0.1, -0.05) is 19.9 Å². The average molecular weight is 251 g/mol. The molecule has 1 N–H and O–H groups in total. The van der Waals surface area contributed by atoms with Gasteiger partial charge in [-0.05, 0) is 37.8 Å². The molecule has 1 fully saturated rings. The summed E-state index contributed by atoms with van der Waals surface area (Å²) in [6, 6.07) is 5.20.